The van der Waals surface area contributed by atoms with Crippen molar-refractivity contribution in [2.45, 2.75) is 5.92 Å². The van der Waals surface area contributed by atoms with Crippen LogP contribution in [0.15, 0.2) is 24.4 Å². The Hall–Kier alpha value is -1.38. The van der Waals surface area contributed by atoms with E-state index >= 15 is 0 Å². The van der Waals surface area contributed by atoms with E-state index in [0.717, 1.165) is 12.2 Å². The van der Waals surface area contributed by atoms with E-state index in [1.54, 1.807) is 6.20 Å². The fraction of sp³-hybridized carbons (Fsp3) is 0.250. The molecule has 3 nitrogen and oxygen atoms in total. The first kappa shape index (κ1) is 6.34. The van der Waals surface area contributed by atoms with Crippen molar-refractivity contribution < 1.29 is 4.79 Å². The van der Waals surface area contributed by atoms with Gasteiger partial charge in [0.2, 0.25) is 5.91 Å². The minimum atomic E-state index is -0.00352. The summed E-state index contributed by atoms with van der Waals surface area (Å²) in [5.41, 5.74) is 0.872. The first-order valence-electron chi connectivity index (χ1n) is 3.56. The number of carbonyl (C=O) groups excluding carboxylic acids is 1. The normalized spacial score (nSPS) is 22.2. The Morgan fingerprint density at radius 1 is 1.55 bits per heavy atom. The Morgan fingerprint density at radius 3 is 2.91 bits per heavy atom. The van der Waals surface area contributed by atoms with E-state index in [-0.39, 0.29) is 11.8 Å². The van der Waals surface area contributed by atoms with Crippen LogP contribution in [0.2, 0.25) is 0 Å². The molecule has 0 spiro atoms. The summed E-state index contributed by atoms with van der Waals surface area (Å²) in [5.74, 6) is 0.0832. The predicted octanol–water partition coefficient (Wildman–Crippen LogP) is 0.295. The first-order valence-corrected chi connectivity index (χ1v) is 3.56. The van der Waals surface area contributed by atoms with Crippen molar-refractivity contribution in [2.24, 2.45) is 0 Å². The van der Waals surface area contributed by atoms with Crippen LogP contribution in [0.3, 0.4) is 0 Å². The second-order valence-electron chi connectivity index (χ2n) is 2.55. The van der Waals surface area contributed by atoms with Crippen LogP contribution < -0.4 is 5.32 Å². The summed E-state index contributed by atoms with van der Waals surface area (Å²) < 4.78 is 0. The Morgan fingerprint density at radius 2 is 2.45 bits per heavy atom. The molecule has 1 unspecified atom stereocenters. The fourth-order valence-corrected chi connectivity index (χ4v) is 1.11. The Kier molecular flexibility index (Phi) is 1.35. The van der Waals surface area contributed by atoms with Gasteiger partial charge in [-0.2, -0.15) is 0 Å². The number of aromatic nitrogens is 1. The molecule has 0 aliphatic carbocycles. The largest absolute Gasteiger partial charge is 0.354 e. The van der Waals surface area contributed by atoms with E-state index in [9.17, 15) is 4.79 Å². The third-order valence-electron chi connectivity index (χ3n) is 1.84. The van der Waals surface area contributed by atoms with Crippen LogP contribution in [0.25, 0.3) is 0 Å². The van der Waals surface area contributed by atoms with Gasteiger partial charge in [0.1, 0.15) is 0 Å². The van der Waals surface area contributed by atoms with Crippen LogP contribution in [0.4, 0.5) is 0 Å². The smallest absolute Gasteiger partial charge is 0.230 e. The summed E-state index contributed by atoms with van der Waals surface area (Å²) in [5, 5.41) is 2.68. The number of nitrogens with one attached hydrogen (secondary N) is 1. The lowest BCUT2D eigenvalue weighted by molar-refractivity contribution is -0.127. The molecule has 2 rings (SSSR count). The van der Waals surface area contributed by atoms with Crippen LogP contribution in [0.1, 0.15) is 11.6 Å². The van der Waals surface area contributed by atoms with Crippen LogP contribution in [-0.4, -0.2) is 17.4 Å². The summed E-state index contributed by atoms with van der Waals surface area (Å²) in [7, 11) is 0. The van der Waals surface area contributed by atoms with Crippen LogP contribution in [0, 0.1) is 0 Å². The maximum absolute atomic E-state index is 10.9. The number of rotatable bonds is 1. The Bertz CT molecular complexity index is 271. The topological polar surface area (TPSA) is 42.0 Å². The number of pyridine rings is 1. The molecule has 1 atom stereocenters. The van der Waals surface area contributed by atoms with Crippen LogP contribution in [-0.2, 0) is 4.79 Å². The Balaban J connectivity index is 2.23. The third-order valence-corrected chi connectivity index (χ3v) is 1.84. The summed E-state index contributed by atoms with van der Waals surface area (Å²) in [4.78, 5) is 15.0. The molecule has 1 amide bonds. The molecule has 1 aliphatic rings. The quantitative estimate of drug-likeness (QED) is 0.582. The summed E-state index contributed by atoms with van der Waals surface area (Å²) in [6.45, 7) is 0.732. The molecule has 0 saturated carbocycles. The van der Waals surface area contributed by atoms with Crippen LogP contribution >= 0.6 is 0 Å². The highest BCUT2D eigenvalue weighted by Crippen LogP contribution is 2.17. The maximum Gasteiger partial charge on any atom is 0.230 e. The van der Waals surface area contributed by atoms with Crippen molar-refractivity contribution in [3.8, 4) is 0 Å². The van der Waals surface area contributed by atoms with E-state index in [2.05, 4.69) is 10.3 Å². The summed E-state index contributed by atoms with van der Waals surface area (Å²) in [6, 6.07) is 5.62. The minimum absolute atomic E-state index is 0.00352. The van der Waals surface area contributed by atoms with Gasteiger partial charge in [-0.15, -0.1) is 0 Å². The Labute approximate surface area is 64.5 Å². The number of nitrogens with zero attached hydrogens (tertiary/aromatic N) is 1. The zero-order chi connectivity index (χ0) is 7.68. The van der Waals surface area contributed by atoms with Gasteiger partial charge in [0.05, 0.1) is 11.6 Å². The number of hydrogen-bond acceptors (Lipinski definition) is 2. The van der Waals surface area contributed by atoms with Gasteiger partial charge >= 0.3 is 0 Å². The number of hydrogen-bond donors (Lipinski definition) is 1. The van der Waals surface area contributed by atoms with Gasteiger partial charge in [0.15, 0.2) is 0 Å². The van der Waals surface area contributed by atoms with E-state index in [1.807, 2.05) is 18.2 Å². The van der Waals surface area contributed by atoms with E-state index in [4.69, 9.17) is 0 Å². The second-order valence-corrected chi connectivity index (χ2v) is 2.55. The fourth-order valence-electron chi connectivity index (χ4n) is 1.11. The lowest BCUT2D eigenvalue weighted by atomic mass is 9.98. The highest BCUT2D eigenvalue weighted by molar-refractivity contribution is 5.88. The lowest BCUT2D eigenvalue weighted by Crippen LogP contribution is -2.46. The van der Waals surface area contributed by atoms with Crippen molar-refractivity contribution in [1.82, 2.24) is 10.3 Å². The summed E-state index contributed by atoms with van der Waals surface area (Å²) >= 11 is 0. The van der Waals surface area contributed by atoms with E-state index < -0.39 is 0 Å². The molecule has 1 aliphatic heterocycles. The van der Waals surface area contributed by atoms with Crippen molar-refractivity contribution in [2.75, 3.05) is 6.54 Å². The average molecular weight is 148 g/mol. The molecule has 1 saturated heterocycles. The molecule has 1 aromatic heterocycles. The maximum atomic E-state index is 10.9. The molecular weight excluding hydrogens is 140 g/mol. The highest BCUT2D eigenvalue weighted by Gasteiger charge is 2.29. The zero-order valence-corrected chi connectivity index (χ0v) is 5.95. The van der Waals surface area contributed by atoms with Gasteiger partial charge in [0.25, 0.3) is 0 Å². The molecule has 0 aromatic carbocycles. The number of amides is 1. The lowest BCUT2D eigenvalue weighted by Gasteiger charge is -2.24. The van der Waals surface area contributed by atoms with Crippen molar-refractivity contribution in [3.05, 3.63) is 30.1 Å². The van der Waals surface area contributed by atoms with Crippen molar-refractivity contribution in [3.63, 3.8) is 0 Å². The standard InChI is InChI=1S/C8H8N2O/c11-8-6(5-10-8)7-3-1-2-4-9-7/h1-4,6H,5H2,(H,10,11). The molecule has 56 valence electrons. The van der Waals surface area contributed by atoms with Crippen LogP contribution in [0.5, 0.6) is 0 Å². The number of β-lactam (4-membered cyclic amide) rings is 1. The molecule has 2 heterocycles. The van der Waals surface area contributed by atoms with Crippen molar-refractivity contribution in [1.29, 1.82) is 0 Å². The van der Waals surface area contributed by atoms with Gasteiger partial charge in [0, 0.05) is 12.7 Å². The minimum Gasteiger partial charge on any atom is -0.354 e. The molecule has 1 fully saturated rings. The molecule has 11 heavy (non-hydrogen) atoms. The number of carbonyl (C=O) groups is 1. The van der Waals surface area contributed by atoms with Gasteiger partial charge in [-0.05, 0) is 12.1 Å². The first-order chi connectivity index (χ1) is 5.38. The van der Waals surface area contributed by atoms with E-state index in [1.165, 1.54) is 0 Å². The van der Waals surface area contributed by atoms with Gasteiger partial charge < -0.3 is 5.32 Å². The second kappa shape index (κ2) is 2.34. The molecule has 1 N–H and O–H groups in total. The monoisotopic (exact) mass is 148 g/mol. The zero-order valence-electron chi connectivity index (χ0n) is 5.95. The van der Waals surface area contributed by atoms with E-state index in [0.29, 0.717) is 0 Å². The predicted molar refractivity (Wildman–Crippen MR) is 40.0 cm³/mol. The molecule has 3 heteroatoms. The van der Waals surface area contributed by atoms with Gasteiger partial charge in [-0.25, -0.2) is 0 Å². The SMILES string of the molecule is O=C1NCC1c1ccccn1. The van der Waals surface area contributed by atoms with Gasteiger partial charge in [-0.1, -0.05) is 6.07 Å². The third kappa shape index (κ3) is 0.981. The van der Waals surface area contributed by atoms with Crippen molar-refractivity contribution >= 4 is 5.91 Å². The van der Waals surface area contributed by atoms with Gasteiger partial charge in [-0.3, -0.25) is 9.78 Å². The summed E-state index contributed by atoms with van der Waals surface area (Å²) in [6.07, 6.45) is 1.71. The average Bonchev–Trinajstić information content (AvgIpc) is 2.04. The molecule has 0 radical (unpaired) electrons. The molecule has 0 bridgehead atoms. The molecular formula is C8H8N2O. The molecule has 1 aromatic rings. The highest BCUT2D eigenvalue weighted by atomic mass is 16.2.